The molecule has 3 rings (SSSR count). The lowest BCUT2D eigenvalue weighted by molar-refractivity contribution is 1.09. The molecular formula is C14H13ClS2. The number of hydrogen-bond acceptors (Lipinski definition) is 2. The van der Waals surface area contributed by atoms with Crippen molar-refractivity contribution >= 4 is 35.9 Å². The summed E-state index contributed by atoms with van der Waals surface area (Å²) >= 11 is 3.79. The topological polar surface area (TPSA) is 0 Å². The molecule has 88 valence electrons. The Labute approximate surface area is 117 Å². The van der Waals surface area contributed by atoms with Crippen molar-refractivity contribution in [1.29, 1.82) is 0 Å². The SMILES string of the molecule is Cc1ccc2c(c1C)Sc1ccccc1S2.Cl. The summed E-state index contributed by atoms with van der Waals surface area (Å²) in [5, 5.41) is 0. The van der Waals surface area contributed by atoms with Gasteiger partial charge in [0.15, 0.2) is 0 Å². The van der Waals surface area contributed by atoms with Gasteiger partial charge >= 0.3 is 0 Å². The highest BCUT2D eigenvalue weighted by atomic mass is 35.5. The van der Waals surface area contributed by atoms with E-state index in [4.69, 9.17) is 0 Å². The van der Waals surface area contributed by atoms with E-state index in [1.807, 2.05) is 23.5 Å². The average Bonchev–Trinajstić information content (AvgIpc) is 2.32. The molecule has 1 heterocycles. The molecule has 0 aromatic heterocycles. The maximum absolute atomic E-state index is 2.24. The highest BCUT2D eigenvalue weighted by Crippen LogP contribution is 2.49. The zero-order chi connectivity index (χ0) is 11.1. The van der Waals surface area contributed by atoms with Crippen molar-refractivity contribution in [3.05, 3.63) is 47.5 Å². The van der Waals surface area contributed by atoms with Crippen molar-refractivity contribution in [2.24, 2.45) is 0 Å². The fourth-order valence-corrected chi connectivity index (χ4v) is 4.27. The smallest absolute Gasteiger partial charge is 0.0294 e. The van der Waals surface area contributed by atoms with Crippen molar-refractivity contribution < 1.29 is 0 Å². The quantitative estimate of drug-likeness (QED) is 0.545. The standard InChI is InChI=1S/C14H12S2.ClH/c1-9-7-8-13-14(10(9)2)16-12-6-4-3-5-11(12)15-13;/h3-8H,1-2H3;1H. The Morgan fingerprint density at radius 2 is 1.41 bits per heavy atom. The molecule has 0 radical (unpaired) electrons. The number of aryl methyl sites for hydroxylation is 1. The Morgan fingerprint density at radius 3 is 2.12 bits per heavy atom. The van der Waals surface area contributed by atoms with Crippen LogP contribution in [0.2, 0.25) is 0 Å². The summed E-state index contributed by atoms with van der Waals surface area (Å²) in [4.78, 5) is 5.59. The van der Waals surface area contributed by atoms with Crippen LogP contribution in [0.1, 0.15) is 11.1 Å². The van der Waals surface area contributed by atoms with Gasteiger partial charge in [-0.1, -0.05) is 41.7 Å². The monoisotopic (exact) mass is 280 g/mol. The van der Waals surface area contributed by atoms with Gasteiger partial charge in [-0.3, -0.25) is 0 Å². The van der Waals surface area contributed by atoms with E-state index in [0.717, 1.165) is 0 Å². The summed E-state index contributed by atoms with van der Waals surface area (Å²) in [6, 6.07) is 13.1. The molecule has 0 saturated carbocycles. The lowest BCUT2D eigenvalue weighted by Gasteiger charge is -2.20. The minimum Gasteiger partial charge on any atom is -0.147 e. The molecule has 0 saturated heterocycles. The largest absolute Gasteiger partial charge is 0.147 e. The van der Waals surface area contributed by atoms with Crippen LogP contribution in [0.4, 0.5) is 0 Å². The predicted molar refractivity (Wildman–Crippen MR) is 77.9 cm³/mol. The van der Waals surface area contributed by atoms with E-state index in [2.05, 4.69) is 50.2 Å². The van der Waals surface area contributed by atoms with Crippen LogP contribution in [0.3, 0.4) is 0 Å². The van der Waals surface area contributed by atoms with E-state index in [9.17, 15) is 0 Å². The van der Waals surface area contributed by atoms with Gasteiger partial charge in [-0.05, 0) is 43.2 Å². The summed E-state index contributed by atoms with van der Waals surface area (Å²) in [5.74, 6) is 0. The summed E-state index contributed by atoms with van der Waals surface area (Å²) in [6.45, 7) is 4.40. The predicted octanol–water partition coefficient (Wildman–Crippen LogP) is 5.34. The molecule has 17 heavy (non-hydrogen) atoms. The van der Waals surface area contributed by atoms with Crippen molar-refractivity contribution in [2.45, 2.75) is 33.4 Å². The first-order valence-electron chi connectivity index (χ1n) is 5.30. The van der Waals surface area contributed by atoms with E-state index in [0.29, 0.717) is 0 Å². The summed E-state index contributed by atoms with van der Waals surface area (Å²) in [7, 11) is 0. The first-order valence-corrected chi connectivity index (χ1v) is 6.94. The Bertz CT molecular complexity index is 564. The van der Waals surface area contributed by atoms with Crippen LogP contribution in [0, 0.1) is 13.8 Å². The number of rotatable bonds is 0. The van der Waals surface area contributed by atoms with Crippen molar-refractivity contribution in [2.75, 3.05) is 0 Å². The van der Waals surface area contributed by atoms with Crippen LogP contribution < -0.4 is 0 Å². The zero-order valence-electron chi connectivity index (χ0n) is 9.69. The number of benzene rings is 2. The molecule has 1 aliphatic heterocycles. The highest BCUT2D eigenvalue weighted by Gasteiger charge is 2.18. The minimum absolute atomic E-state index is 0. The minimum atomic E-state index is 0. The number of fused-ring (bicyclic) bond motifs is 2. The van der Waals surface area contributed by atoms with E-state index in [1.165, 1.54) is 30.7 Å². The Kier molecular flexibility index (Phi) is 3.76. The van der Waals surface area contributed by atoms with Crippen LogP contribution in [-0.2, 0) is 0 Å². The van der Waals surface area contributed by atoms with Crippen LogP contribution in [0.15, 0.2) is 56.0 Å². The third-order valence-corrected chi connectivity index (χ3v) is 5.62. The molecule has 0 unspecified atom stereocenters. The maximum atomic E-state index is 2.24. The van der Waals surface area contributed by atoms with Crippen molar-refractivity contribution in [3.8, 4) is 0 Å². The number of hydrogen-bond donors (Lipinski definition) is 0. The van der Waals surface area contributed by atoms with Gasteiger partial charge in [-0.25, -0.2) is 0 Å². The second-order valence-electron chi connectivity index (χ2n) is 3.99. The van der Waals surface area contributed by atoms with Crippen LogP contribution in [-0.4, -0.2) is 0 Å². The molecule has 0 aliphatic carbocycles. The molecule has 3 heteroatoms. The van der Waals surface area contributed by atoms with E-state index >= 15 is 0 Å². The molecule has 0 N–H and O–H groups in total. The second kappa shape index (κ2) is 4.97. The molecule has 2 aromatic carbocycles. The molecule has 0 bridgehead atoms. The Balaban J connectivity index is 0.00000108. The summed E-state index contributed by atoms with van der Waals surface area (Å²) in [5.41, 5.74) is 2.80. The summed E-state index contributed by atoms with van der Waals surface area (Å²) < 4.78 is 0. The zero-order valence-corrected chi connectivity index (χ0v) is 12.1. The molecule has 2 aromatic rings. The fourth-order valence-electron chi connectivity index (χ4n) is 1.82. The van der Waals surface area contributed by atoms with Gasteiger partial charge in [0.05, 0.1) is 0 Å². The van der Waals surface area contributed by atoms with E-state index in [1.54, 1.807) is 0 Å². The second-order valence-corrected chi connectivity index (χ2v) is 6.12. The van der Waals surface area contributed by atoms with Gasteiger partial charge in [0, 0.05) is 19.6 Å². The van der Waals surface area contributed by atoms with Gasteiger partial charge in [0.2, 0.25) is 0 Å². The van der Waals surface area contributed by atoms with E-state index < -0.39 is 0 Å². The molecule has 0 atom stereocenters. The molecular weight excluding hydrogens is 268 g/mol. The third-order valence-electron chi connectivity index (χ3n) is 2.92. The Morgan fingerprint density at radius 1 is 0.765 bits per heavy atom. The lowest BCUT2D eigenvalue weighted by Crippen LogP contribution is -1.93. The van der Waals surface area contributed by atoms with Gasteiger partial charge < -0.3 is 0 Å². The van der Waals surface area contributed by atoms with Crippen LogP contribution >= 0.6 is 35.9 Å². The molecule has 0 amide bonds. The van der Waals surface area contributed by atoms with Gasteiger partial charge in [-0.15, -0.1) is 12.4 Å². The Hall–Kier alpha value is -0.570. The average molecular weight is 281 g/mol. The molecule has 1 aliphatic rings. The van der Waals surface area contributed by atoms with Crippen LogP contribution in [0.5, 0.6) is 0 Å². The van der Waals surface area contributed by atoms with Gasteiger partial charge in [-0.2, -0.15) is 0 Å². The first-order chi connectivity index (χ1) is 7.75. The normalized spacial score (nSPS) is 12.4. The molecule has 0 spiro atoms. The van der Waals surface area contributed by atoms with Crippen LogP contribution in [0.25, 0.3) is 0 Å². The molecule has 0 nitrogen and oxygen atoms in total. The van der Waals surface area contributed by atoms with Gasteiger partial charge in [0.25, 0.3) is 0 Å². The van der Waals surface area contributed by atoms with Crippen molar-refractivity contribution in [1.82, 2.24) is 0 Å². The lowest BCUT2D eigenvalue weighted by atomic mass is 10.1. The number of halogens is 1. The summed E-state index contributed by atoms with van der Waals surface area (Å²) in [6.07, 6.45) is 0. The van der Waals surface area contributed by atoms with Gasteiger partial charge in [0.1, 0.15) is 0 Å². The first kappa shape index (κ1) is 12.9. The van der Waals surface area contributed by atoms with E-state index in [-0.39, 0.29) is 12.4 Å². The van der Waals surface area contributed by atoms with Crippen molar-refractivity contribution in [3.63, 3.8) is 0 Å². The maximum Gasteiger partial charge on any atom is 0.0294 e. The highest BCUT2D eigenvalue weighted by molar-refractivity contribution is 8.05. The molecule has 0 fully saturated rings. The fraction of sp³-hybridized carbons (Fsp3) is 0.143. The third kappa shape index (κ3) is 2.22.